The van der Waals surface area contributed by atoms with Crippen LogP contribution < -0.4 is 5.32 Å². The van der Waals surface area contributed by atoms with Crippen LogP contribution in [0.15, 0.2) is 0 Å². The van der Waals surface area contributed by atoms with E-state index in [1.807, 2.05) is 0 Å². The third-order valence-corrected chi connectivity index (χ3v) is 3.73. The summed E-state index contributed by atoms with van der Waals surface area (Å²) in [6, 6.07) is 0. The molecule has 3 heteroatoms. The zero-order valence-electron chi connectivity index (χ0n) is 9.55. The van der Waals surface area contributed by atoms with Crippen molar-refractivity contribution in [3.05, 3.63) is 0 Å². The number of nitrogens with one attached hydrogen (secondary N) is 1. The maximum Gasteiger partial charge on any atom is 0.313 e. The minimum atomic E-state index is -0.229. The molecule has 3 nitrogen and oxygen atoms in total. The van der Waals surface area contributed by atoms with Crippen LogP contribution in [-0.2, 0) is 9.53 Å². The fourth-order valence-corrected chi connectivity index (χ4v) is 2.22. The lowest BCUT2D eigenvalue weighted by molar-refractivity contribution is -0.158. The number of rotatable bonds is 4. The van der Waals surface area contributed by atoms with Crippen LogP contribution in [-0.4, -0.2) is 25.7 Å². The van der Waals surface area contributed by atoms with Crippen molar-refractivity contribution in [3.8, 4) is 0 Å². The third-order valence-electron chi connectivity index (χ3n) is 3.73. The zero-order valence-corrected chi connectivity index (χ0v) is 9.55. The van der Waals surface area contributed by atoms with Gasteiger partial charge in [0.05, 0.1) is 12.0 Å². The minimum absolute atomic E-state index is 0.0316. The van der Waals surface area contributed by atoms with Gasteiger partial charge in [0.25, 0.3) is 0 Å². The fraction of sp³-hybridized carbons (Fsp3) is 0.917. The van der Waals surface area contributed by atoms with Crippen LogP contribution in [0, 0.1) is 11.3 Å². The Morgan fingerprint density at radius 1 is 1.53 bits per heavy atom. The van der Waals surface area contributed by atoms with Crippen molar-refractivity contribution < 1.29 is 9.53 Å². The molecule has 0 spiro atoms. The second kappa shape index (κ2) is 4.52. The molecule has 1 saturated heterocycles. The van der Waals surface area contributed by atoms with Gasteiger partial charge in [0, 0.05) is 6.54 Å². The van der Waals surface area contributed by atoms with Crippen molar-refractivity contribution in [2.45, 2.75) is 39.0 Å². The summed E-state index contributed by atoms with van der Waals surface area (Å²) in [5, 5.41) is 3.31. The summed E-state index contributed by atoms with van der Waals surface area (Å²) in [5.41, 5.74) is -0.229. The largest absolute Gasteiger partial charge is 0.465 e. The third kappa shape index (κ3) is 2.51. The highest BCUT2D eigenvalue weighted by Crippen LogP contribution is 2.34. The first-order valence-electron chi connectivity index (χ1n) is 6.15. The van der Waals surface area contributed by atoms with Gasteiger partial charge in [0.15, 0.2) is 0 Å². The number of hydrogen-bond acceptors (Lipinski definition) is 3. The lowest BCUT2D eigenvalue weighted by Crippen LogP contribution is -2.46. The summed E-state index contributed by atoms with van der Waals surface area (Å²) in [4.78, 5) is 12.0. The van der Waals surface area contributed by atoms with Crippen LogP contribution in [0.3, 0.4) is 0 Å². The maximum atomic E-state index is 12.0. The van der Waals surface area contributed by atoms with Gasteiger partial charge < -0.3 is 10.1 Å². The van der Waals surface area contributed by atoms with Crippen LogP contribution in [0.25, 0.3) is 0 Å². The van der Waals surface area contributed by atoms with Crippen molar-refractivity contribution in [1.29, 1.82) is 0 Å². The maximum absolute atomic E-state index is 12.0. The highest BCUT2D eigenvalue weighted by Gasteiger charge is 2.40. The average Bonchev–Trinajstić information content (AvgIpc) is 3.10. The predicted octanol–water partition coefficient (Wildman–Crippen LogP) is 1.72. The smallest absolute Gasteiger partial charge is 0.313 e. The molecule has 1 saturated carbocycles. The van der Waals surface area contributed by atoms with E-state index in [0.717, 1.165) is 32.4 Å². The minimum Gasteiger partial charge on any atom is -0.465 e. The topological polar surface area (TPSA) is 38.3 Å². The Morgan fingerprint density at radius 3 is 2.87 bits per heavy atom. The Morgan fingerprint density at radius 2 is 2.33 bits per heavy atom. The molecule has 2 fully saturated rings. The average molecular weight is 211 g/mol. The molecule has 2 rings (SSSR count). The van der Waals surface area contributed by atoms with E-state index in [2.05, 4.69) is 12.2 Å². The molecule has 2 aliphatic rings. The van der Waals surface area contributed by atoms with E-state index in [1.165, 1.54) is 12.8 Å². The van der Waals surface area contributed by atoms with Crippen LogP contribution in [0.5, 0.6) is 0 Å². The Bertz CT molecular complexity index is 230. The summed E-state index contributed by atoms with van der Waals surface area (Å²) < 4.78 is 5.42. The SMILES string of the molecule is CCC1(C(=O)OCC2CC2)CCCNC1. The second-order valence-electron chi connectivity index (χ2n) is 4.96. The number of ether oxygens (including phenoxy) is 1. The summed E-state index contributed by atoms with van der Waals surface area (Å²) in [5.74, 6) is 0.698. The predicted molar refractivity (Wildman–Crippen MR) is 58.5 cm³/mol. The molecule has 0 amide bonds. The number of esters is 1. The molecule has 1 N–H and O–H groups in total. The van der Waals surface area contributed by atoms with E-state index in [0.29, 0.717) is 12.5 Å². The zero-order chi connectivity index (χ0) is 10.7. The molecule has 15 heavy (non-hydrogen) atoms. The number of hydrogen-bond donors (Lipinski definition) is 1. The molecule has 0 aromatic heterocycles. The summed E-state index contributed by atoms with van der Waals surface area (Å²) in [7, 11) is 0. The van der Waals surface area contributed by atoms with E-state index < -0.39 is 0 Å². The van der Waals surface area contributed by atoms with E-state index in [4.69, 9.17) is 4.74 Å². The number of piperidine rings is 1. The molecule has 0 aromatic rings. The molecular weight excluding hydrogens is 190 g/mol. The summed E-state index contributed by atoms with van der Waals surface area (Å²) in [6.07, 6.45) is 5.45. The van der Waals surface area contributed by atoms with Gasteiger partial charge in [-0.3, -0.25) is 4.79 Å². The van der Waals surface area contributed by atoms with E-state index in [1.54, 1.807) is 0 Å². The Balaban J connectivity index is 1.87. The van der Waals surface area contributed by atoms with Crippen molar-refractivity contribution in [1.82, 2.24) is 5.32 Å². The highest BCUT2D eigenvalue weighted by atomic mass is 16.5. The highest BCUT2D eigenvalue weighted by molar-refractivity contribution is 5.77. The van der Waals surface area contributed by atoms with Crippen molar-refractivity contribution in [3.63, 3.8) is 0 Å². The van der Waals surface area contributed by atoms with Crippen LogP contribution in [0.4, 0.5) is 0 Å². The van der Waals surface area contributed by atoms with Crippen molar-refractivity contribution in [2.24, 2.45) is 11.3 Å². The van der Waals surface area contributed by atoms with Gasteiger partial charge in [-0.1, -0.05) is 6.92 Å². The lowest BCUT2D eigenvalue weighted by atomic mass is 9.78. The van der Waals surface area contributed by atoms with Gasteiger partial charge in [-0.25, -0.2) is 0 Å². The summed E-state index contributed by atoms with van der Waals surface area (Å²) in [6.45, 7) is 4.58. The second-order valence-corrected chi connectivity index (χ2v) is 4.96. The molecule has 1 unspecified atom stereocenters. The molecule has 86 valence electrons. The van der Waals surface area contributed by atoms with Crippen molar-refractivity contribution >= 4 is 5.97 Å². The quantitative estimate of drug-likeness (QED) is 0.720. The fourth-order valence-electron chi connectivity index (χ4n) is 2.22. The Kier molecular flexibility index (Phi) is 3.29. The van der Waals surface area contributed by atoms with Crippen LogP contribution in [0.1, 0.15) is 39.0 Å². The first-order valence-corrected chi connectivity index (χ1v) is 6.15. The van der Waals surface area contributed by atoms with E-state index >= 15 is 0 Å². The first kappa shape index (κ1) is 10.9. The van der Waals surface area contributed by atoms with Gasteiger partial charge >= 0.3 is 5.97 Å². The van der Waals surface area contributed by atoms with Gasteiger partial charge in [0.1, 0.15) is 0 Å². The molecular formula is C12H21NO2. The first-order chi connectivity index (χ1) is 7.27. The molecule has 1 atom stereocenters. The van der Waals surface area contributed by atoms with Crippen LogP contribution >= 0.6 is 0 Å². The Hall–Kier alpha value is -0.570. The molecule has 1 heterocycles. The molecule has 0 radical (unpaired) electrons. The number of carbonyl (C=O) groups excluding carboxylic acids is 1. The van der Waals surface area contributed by atoms with E-state index in [-0.39, 0.29) is 11.4 Å². The Labute approximate surface area is 91.6 Å². The van der Waals surface area contributed by atoms with Crippen LogP contribution in [0.2, 0.25) is 0 Å². The standard InChI is InChI=1S/C12H21NO2/c1-2-12(6-3-7-13-9-12)11(14)15-8-10-4-5-10/h10,13H,2-9H2,1H3. The number of carbonyl (C=O) groups is 1. The van der Waals surface area contributed by atoms with Gasteiger partial charge in [0.2, 0.25) is 0 Å². The molecule has 1 aliphatic heterocycles. The van der Waals surface area contributed by atoms with Gasteiger partial charge in [-0.15, -0.1) is 0 Å². The van der Waals surface area contributed by atoms with E-state index in [9.17, 15) is 4.79 Å². The lowest BCUT2D eigenvalue weighted by Gasteiger charge is -2.34. The normalized spacial score (nSPS) is 31.3. The summed E-state index contributed by atoms with van der Waals surface area (Å²) >= 11 is 0. The van der Waals surface area contributed by atoms with Gasteiger partial charge in [-0.05, 0) is 44.6 Å². The van der Waals surface area contributed by atoms with Gasteiger partial charge in [-0.2, -0.15) is 0 Å². The van der Waals surface area contributed by atoms with Crippen molar-refractivity contribution in [2.75, 3.05) is 19.7 Å². The molecule has 1 aliphatic carbocycles. The monoisotopic (exact) mass is 211 g/mol. The molecule has 0 aromatic carbocycles. The molecule has 0 bridgehead atoms.